The van der Waals surface area contributed by atoms with Crippen LogP contribution in [0, 0.1) is 5.92 Å². The predicted octanol–water partition coefficient (Wildman–Crippen LogP) is 2.84. The van der Waals surface area contributed by atoms with Crippen molar-refractivity contribution in [3.63, 3.8) is 0 Å². The van der Waals surface area contributed by atoms with Gasteiger partial charge in [-0.2, -0.15) is 4.73 Å². The lowest BCUT2D eigenvalue weighted by atomic mass is 9.93. The highest BCUT2D eigenvalue weighted by Gasteiger charge is 2.40. The Morgan fingerprint density at radius 1 is 1.00 bits per heavy atom. The van der Waals surface area contributed by atoms with Crippen molar-refractivity contribution in [2.45, 2.75) is 103 Å². The molecule has 5 atom stereocenters. The lowest BCUT2D eigenvalue weighted by molar-refractivity contribution is -0.147. The molecular formula is C34H47N5O6. The van der Waals surface area contributed by atoms with Gasteiger partial charge in [-0.15, -0.1) is 0 Å². The SMILES string of the molecule is CCC(=O)CC=CCCC1NC(=O)[C@H]2CCCCN2C(=O)[C@H](C(C)CC)NC(=O)[C@H](Cc2cn(OC)c3ccccc23)NC1=O. The molecule has 0 aliphatic carbocycles. The number of carbonyl (C=O) groups excluding carboxylic acids is 5. The third kappa shape index (κ3) is 8.12. The van der Waals surface area contributed by atoms with Gasteiger partial charge in [-0.05, 0) is 49.7 Å². The molecule has 3 N–H and O–H groups in total. The second-order valence-electron chi connectivity index (χ2n) is 12.1. The summed E-state index contributed by atoms with van der Waals surface area (Å²) >= 11 is 0. The third-order valence-electron chi connectivity index (χ3n) is 9.04. The fourth-order valence-corrected chi connectivity index (χ4v) is 6.09. The van der Waals surface area contributed by atoms with Crippen LogP contribution in [0.4, 0.5) is 0 Å². The van der Waals surface area contributed by atoms with E-state index in [1.54, 1.807) is 29.0 Å². The molecule has 0 saturated carbocycles. The minimum Gasteiger partial charge on any atom is -0.417 e. The van der Waals surface area contributed by atoms with E-state index in [0.29, 0.717) is 38.6 Å². The number of nitrogens with zero attached hydrogens (tertiary/aromatic N) is 2. The molecular weight excluding hydrogens is 574 g/mol. The van der Waals surface area contributed by atoms with Crippen LogP contribution in [0.2, 0.25) is 0 Å². The number of carbonyl (C=O) groups is 5. The van der Waals surface area contributed by atoms with Gasteiger partial charge in [-0.3, -0.25) is 24.0 Å². The highest BCUT2D eigenvalue weighted by Crippen LogP contribution is 2.24. The average Bonchev–Trinajstić information content (AvgIpc) is 3.41. The van der Waals surface area contributed by atoms with Crippen molar-refractivity contribution in [2.75, 3.05) is 13.7 Å². The van der Waals surface area contributed by atoms with Crippen LogP contribution in [-0.2, 0) is 30.4 Å². The van der Waals surface area contributed by atoms with Crippen molar-refractivity contribution in [1.82, 2.24) is 25.6 Å². The highest BCUT2D eigenvalue weighted by molar-refractivity contribution is 5.98. The van der Waals surface area contributed by atoms with E-state index in [9.17, 15) is 24.0 Å². The molecule has 1 aromatic heterocycles. The van der Waals surface area contributed by atoms with Gasteiger partial charge < -0.3 is 25.7 Å². The molecule has 4 rings (SSSR count). The first-order chi connectivity index (χ1) is 21.7. The summed E-state index contributed by atoms with van der Waals surface area (Å²) in [6.45, 7) is 6.08. The molecule has 2 unspecified atom stereocenters. The van der Waals surface area contributed by atoms with Gasteiger partial charge in [0, 0.05) is 37.4 Å². The van der Waals surface area contributed by atoms with E-state index in [2.05, 4.69) is 16.0 Å². The number of rotatable bonds is 11. The Hall–Kier alpha value is -4.15. The molecule has 45 heavy (non-hydrogen) atoms. The van der Waals surface area contributed by atoms with Gasteiger partial charge in [-0.25, -0.2) is 0 Å². The highest BCUT2D eigenvalue weighted by atomic mass is 16.6. The summed E-state index contributed by atoms with van der Waals surface area (Å²) in [5, 5.41) is 9.67. The maximum Gasteiger partial charge on any atom is 0.246 e. The molecule has 3 heterocycles. The Bertz CT molecular complexity index is 1420. The largest absolute Gasteiger partial charge is 0.417 e. The zero-order valence-electron chi connectivity index (χ0n) is 26.8. The number of ketones is 1. The van der Waals surface area contributed by atoms with Crippen LogP contribution in [0.1, 0.15) is 77.7 Å². The van der Waals surface area contributed by atoms with E-state index in [-0.39, 0.29) is 36.4 Å². The van der Waals surface area contributed by atoms with Crippen molar-refractivity contribution in [1.29, 1.82) is 0 Å². The number of allylic oxidation sites excluding steroid dienone is 2. The number of benzene rings is 1. The molecule has 0 spiro atoms. The Labute approximate surface area is 265 Å². The zero-order valence-corrected chi connectivity index (χ0v) is 26.8. The van der Waals surface area contributed by atoms with Crippen LogP contribution in [-0.4, -0.2) is 76.9 Å². The lowest BCUT2D eigenvalue weighted by Gasteiger charge is -2.39. The molecule has 0 radical (unpaired) electrons. The molecule has 2 aromatic rings. The van der Waals surface area contributed by atoms with Crippen LogP contribution >= 0.6 is 0 Å². The van der Waals surface area contributed by atoms with Crippen molar-refractivity contribution >= 4 is 40.3 Å². The zero-order chi connectivity index (χ0) is 32.5. The Morgan fingerprint density at radius 2 is 1.73 bits per heavy atom. The van der Waals surface area contributed by atoms with Crippen LogP contribution in [0.25, 0.3) is 10.9 Å². The fourth-order valence-electron chi connectivity index (χ4n) is 6.09. The van der Waals surface area contributed by atoms with E-state index < -0.39 is 36.0 Å². The van der Waals surface area contributed by atoms with Gasteiger partial charge >= 0.3 is 0 Å². The second-order valence-corrected chi connectivity index (χ2v) is 12.1. The first kappa shape index (κ1) is 33.7. The molecule has 0 bridgehead atoms. The van der Waals surface area contributed by atoms with E-state index in [1.807, 2.05) is 51.1 Å². The molecule has 11 heteroatoms. The Balaban J connectivity index is 1.69. The maximum atomic E-state index is 14.0. The van der Waals surface area contributed by atoms with E-state index in [0.717, 1.165) is 29.3 Å². The van der Waals surface area contributed by atoms with Gasteiger partial charge in [0.1, 0.15) is 37.1 Å². The second kappa shape index (κ2) is 15.7. The third-order valence-corrected chi connectivity index (χ3v) is 9.04. The van der Waals surface area contributed by atoms with Gasteiger partial charge in [-0.1, -0.05) is 57.5 Å². The van der Waals surface area contributed by atoms with Gasteiger partial charge in [0.2, 0.25) is 23.6 Å². The number of piperidine rings is 1. The van der Waals surface area contributed by atoms with Gasteiger partial charge in [0.25, 0.3) is 0 Å². The monoisotopic (exact) mass is 621 g/mol. The topological polar surface area (TPSA) is 139 Å². The number of fused-ring (bicyclic) bond motifs is 2. The number of amides is 4. The number of aromatic nitrogens is 1. The quantitative estimate of drug-likeness (QED) is 0.330. The van der Waals surface area contributed by atoms with E-state index in [1.165, 1.54) is 0 Å². The summed E-state index contributed by atoms with van der Waals surface area (Å²) in [4.78, 5) is 74.4. The molecule has 4 amide bonds. The number of hydrogen-bond donors (Lipinski definition) is 3. The first-order valence-corrected chi connectivity index (χ1v) is 16.2. The normalized spacial score (nSPS) is 23.9. The van der Waals surface area contributed by atoms with Gasteiger partial charge in [0.15, 0.2) is 0 Å². The van der Waals surface area contributed by atoms with E-state index in [4.69, 9.17) is 4.84 Å². The molecule has 11 nitrogen and oxygen atoms in total. The minimum atomic E-state index is -1.03. The maximum absolute atomic E-state index is 14.0. The standard InChI is InChI=1S/C34H47N5O6/c1-5-22(3)30-34(44)38-19-13-12-18-29(38)33(43)35-26(16-9-7-8-14-24(40)6-2)31(41)36-27(32(42)37-30)20-23-21-39(45-4)28-17-11-10-15-25(23)28/h7-8,10-11,15,17,21-22,26-27,29-30H,5-6,9,12-14,16,18-20H2,1-4H3,(H,35,43)(H,36,41)(H,37,42)/t22?,26?,27-,29+,30-/m0/s1. The average molecular weight is 622 g/mol. The molecule has 2 aliphatic rings. The minimum absolute atomic E-state index is 0.115. The van der Waals surface area contributed by atoms with Crippen LogP contribution in [0.3, 0.4) is 0 Å². The first-order valence-electron chi connectivity index (χ1n) is 16.2. The number of nitrogens with one attached hydrogen (secondary N) is 3. The summed E-state index contributed by atoms with van der Waals surface area (Å²) in [7, 11) is 1.55. The van der Waals surface area contributed by atoms with Crippen molar-refractivity contribution in [3.8, 4) is 0 Å². The van der Waals surface area contributed by atoms with Crippen LogP contribution < -0.4 is 20.8 Å². The molecule has 244 valence electrons. The van der Waals surface area contributed by atoms with Crippen LogP contribution in [0.5, 0.6) is 0 Å². The molecule has 2 aliphatic heterocycles. The Morgan fingerprint density at radius 3 is 2.47 bits per heavy atom. The predicted molar refractivity (Wildman–Crippen MR) is 171 cm³/mol. The summed E-state index contributed by atoms with van der Waals surface area (Å²) in [6.07, 6.45) is 9.67. The Kier molecular flexibility index (Phi) is 11.8. The van der Waals surface area contributed by atoms with Gasteiger partial charge in [0.05, 0.1) is 5.52 Å². The summed E-state index contributed by atoms with van der Waals surface area (Å²) in [5.74, 6) is -1.67. The number of Topliss-reactive ketones (excluding diaryl/α,β-unsaturated/α-hetero) is 1. The fraction of sp³-hybridized carbons (Fsp3) is 0.559. The van der Waals surface area contributed by atoms with Crippen molar-refractivity contribution < 1.29 is 28.8 Å². The van der Waals surface area contributed by atoms with Crippen molar-refractivity contribution in [2.24, 2.45) is 5.92 Å². The molecule has 2 saturated heterocycles. The number of hydrogen-bond acceptors (Lipinski definition) is 6. The molecule has 1 aromatic carbocycles. The van der Waals surface area contributed by atoms with E-state index >= 15 is 0 Å². The van der Waals surface area contributed by atoms with Crippen molar-refractivity contribution in [3.05, 3.63) is 48.2 Å². The van der Waals surface area contributed by atoms with Crippen LogP contribution in [0.15, 0.2) is 42.6 Å². The lowest BCUT2D eigenvalue weighted by Crippen LogP contribution is -2.64. The smallest absolute Gasteiger partial charge is 0.246 e. The molecule has 2 fully saturated rings. The summed E-state index contributed by atoms with van der Waals surface area (Å²) < 4.78 is 1.61. The summed E-state index contributed by atoms with van der Waals surface area (Å²) in [6, 6.07) is 4.08. The number of para-hydroxylation sites is 1. The summed E-state index contributed by atoms with van der Waals surface area (Å²) in [5.41, 5.74) is 1.60.